The molecule has 0 bridgehead atoms. The molecule has 1 aromatic heterocycles. The third kappa shape index (κ3) is 6.38. The lowest BCUT2D eigenvalue weighted by Crippen LogP contribution is -2.54. The van der Waals surface area contributed by atoms with E-state index in [4.69, 9.17) is 4.74 Å². The highest BCUT2D eigenvalue weighted by Gasteiger charge is 2.34. The number of anilines is 2. The Labute approximate surface area is 228 Å². The fourth-order valence-corrected chi connectivity index (χ4v) is 4.56. The predicted molar refractivity (Wildman–Crippen MR) is 137 cm³/mol. The van der Waals surface area contributed by atoms with E-state index in [-0.39, 0.29) is 74.3 Å². The monoisotopic (exact) mass is 561 g/mol. The molecule has 214 valence electrons. The summed E-state index contributed by atoms with van der Waals surface area (Å²) in [6.45, 7) is 2.18. The summed E-state index contributed by atoms with van der Waals surface area (Å²) < 4.78 is 40.0. The van der Waals surface area contributed by atoms with Crippen LogP contribution in [0.25, 0.3) is 0 Å². The van der Waals surface area contributed by atoms with E-state index in [1.807, 2.05) is 0 Å². The SMILES string of the molecule is COC(=O)CC[C@H]1CN(c2cc(F)c(N3CCN(C(=O)[C@H](C)NC(=O)c4ccc(O)nc4)CC3)c(F)c2)C(=O)O1. The van der Waals surface area contributed by atoms with Gasteiger partial charge in [0.1, 0.15) is 17.8 Å². The summed E-state index contributed by atoms with van der Waals surface area (Å²) in [6, 6.07) is 3.87. The Morgan fingerprint density at radius 1 is 1.18 bits per heavy atom. The molecule has 2 atom stereocenters. The fraction of sp³-hybridized carbons (Fsp3) is 0.423. The van der Waals surface area contributed by atoms with Gasteiger partial charge in [0.05, 0.1) is 24.9 Å². The molecule has 2 fully saturated rings. The molecular formula is C26H29F2N5O7. The van der Waals surface area contributed by atoms with E-state index in [9.17, 15) is 24.3 Å². The number of piperazine rings is 1. The third-order valence-electron chi connectivity index (χ3n) is 6.72. The first-order valence-corrected chi connectivity index (χ1v) is 12.6. The van der Waals surface area contributed by atoms with Crippen molar-refractivity contribution in [2.24, 2.45) is 0 Å². The molecule has 14 heteroatoms. The predicted octanol–water partition coefficient (Wildman–Crippen LogP) is 1.81. The molecule has 1 aromatic carbocycles. The number of carbonyl (C=O) groups is 4. The van der Waals surface area contributed by atoms with Gasteiger partial charge in [0.2, 0.25) is 11.8 Å². The van der Waals surface area contributed by atoms with Crippen molar-refractivity contribution in [1.29, 1.82) is 0 Å². The van der Waals surface area contributed by atoms with E-state index in [1.54, 1.807) is 0 Å². The van der Waals surface area contributed by atoms with Gasteiger partial charge in [-0.1, -0.05) is 0 Å². The number of nitrogens with one attached hydrogen (secondary N) is 1. The number of benzene rings is 1. The molecule has 3 amide bonds. The van der Waals surface area contributed by atoms with E-state index in [0.717, 1.165) is 17.0 Å². The number of nitrogens with zero attached hydrogens (tertiary/aromatic N) is 4. The van der Waals surface area contributed by atoms with Crippen LogP contribution in [0, 0.1) is 11.6 Å². The van der Waals surface area contributed by atoms with Crippen LogP contribution in [0.5, 0.6) is 5.88 Å². The highest BCUT2D eigenvalue weighted by atomic mass is 19.1. The average molecular weight is 562 g/mol. The number of cyclic esters (lactones) is 1. The molecule has 0 spiro atoms. The molecule has 40 heavy (non-hydrogen) atoms. The molecule has 2 aliphatic rings. The number of esters is 1. The van der Waals surface area contributed by atoms with Gasteiger partial charge in [0.25, 0.3) is 5.91 Å². The number of rotatable bonds is 8. The Hall–Kier alpha value is -4.49. The lowest BCUT2D eigenvalue weighted by atomic mass is 10.1. The zero-order valence-corrected chi connectivity index (χ0v) is 21.9. The summed E-state index contributed by atoms with van der Waals surface area (Å²) in [6.07, 6.45) is 0.0615. The minimum absolute atomic E-state index is 0.00785. The van der Waals surface area contributed by atoms with E-state index < -0.39 is 41.7 Å². The van der Waals surface area contributed by atoms with Gasteiger partial charge in [0, 0.05) is 57.0 Å². The molecule has 3 heterocycles. The second-order valence-electron chi connectivity index (χ2n) is 9.40. The Balaban J connectivity index is 1.34. The van der Waals surface area contributed by atoms with Crippen molar-refractivity contribution < 1.29 is 42.5 Å². The maximum absolute atomic E-state index is 15.1. The Morgan fingerprint density at radius 3 is 2.45 bits per heavy atom. The van der Waals surface area contributed by atoms with Gasteiger partial charge in [-0.25, -0.2) is 18.6 Å². The van der Waals surface area contributed by atoms with E-state index in [0.29, 0.717) is 0 Å². The maximum atomic E-state index is 15.1. The number of aromatic nitrogens is 1. The lowest BCUT2D eigenvalue weighted by Gasteiger charge is -2.37. The van der Waals surface area contributed by atoms with Crippen molar-refractivity contribution in [2.75, 3.05) is 49.6 Å². The quantitative estimate of drug-likeness (QED) is 0.462. The molecular weight excluding hydrogens is 532 g/mol. The number of pyridine rings is 1. The van der Waals surface area contributed by atoms with Crippen LogP contribution in [0.1, 0.15) is 30.1 Å². The highest BCUT2D eigenvalue weighted by molar-refractivity contribution is 5.97. The first kappa shape index (κ1) is 28.5. The first-order valence-electron chi connectivity index (χ1n) is 12.6. The molecule has 12 nitrogen and oxygen atoms in total. The van der Waals surface area contributed by atoms with E-state index in [1.165, 1.54) is 42.2 Å². The van der Waals surface area contributed by atoms with Crippen molar-refractivity contribution in [1.82, 2.24) is 15.2 Å². The molecule has 2 aliphatic heterocycles. The van der Waals surface area contributed by atoms with Crippen LogP contribution >= 0.6 is 0 Å². The third-order valence-corrected chi connectivity index (χ3v) is 6.72. The largest absolute Gasteiger partial charge is 0.493 e. The van der Waals surface area contributed by atoms with E-state index in [2.05, 4.69) is 15.0 Å². The zero-order chi connectivity index (χ0) is 29.0. The molecule has 0 aliphatic carbocycles. The number of carbonyl (C=O) groups excluding carboxylic acids is 4. The highest BCUT2D eigenvalue weighted by Crippen LogP contribution is 2.32. The molecule has 2 saturated heterocycles. The van der Waals surface area contributed by atoms with Crippen LogP contribution in [0.3, 0.4) is 0 Å². The first-order chi connectivity index (χ1) is 19.1. The smallest absolute Gasteiger partial charge is 0.414 e. The fourth-order valence-electron chi connectivity index (χ4n) is 4.56. The van der Waals surface area contributed by atoms with Crippen molar-refractivity contribution in [3.05, 3.63) is 47.7 Å². The number of ether oxygens (including phenoxy) is 2. The van der Waals surface area contributed by atoms with Gasteiger partial charge in [-0.3, -0.25) is 19.3 Å². The number of halogens is 2. The molecule has 0 unspecified atom stereocenters. The van der Waals surface area contributed by atoms with Crippen LogP contribution in [-0.2, 0) is 19.1 Å². The average Bonchev–Trinajstić information content (AvgIpc) is 3.31. The molecule has 0 saturated carbocycles. The number of hydrogen-bond donors (Lipinski definition) is 2. The summed E-state index contributed by atoms with van der Waals surface area (Å²) in [5, 5.41) is 11.8. The Morgan fingerprint density at radius 2 is 1.85 bits per heavy atom. The van der Waals surface area contributed by atoms with Gasteiger partial charge in [0.15, 0.2) is 11.6 Å². The van der Waals surface area contributed by atoms with Crippen molar-refractivity contribution in [2.45, 2.75) is 31.9 Å². The topological polar surface area (TPSA) is 142 Å². The maximum Gasteiger partial charge on any atom is 0.414 e. The summed E-state index contributed by atoms with van der Waals surface area (Å²) in [4.78, 5) is 56.6. The van der Waals surface area contributed by atoms with Gasteiger partial charge in [-0.15, -0.1) is 0 Å². The zero-order valence-electron chi connectivity index (χ0n) is 21.9. The second kappa shape index (κ2) is 12.1. The number of aromatic hydroxyl groups is 1. The van der Waals surface area contributed by atoms with Crippen LogP contribution < -0.4 is 15.1 Å². The van der Waals surface area contributed by atoms with Crippen LogP contribution in [0.4, 0.5) is 25.0 Å². The minimum atomic E-state index is -0.872. The standard InChI is InChI=1S/C26H29F2N5O7/c1-15(30-24(36)16-3-5-21(34)29-13-16)25(37)32-9-7-31(8-10-32)23-19(27)11-17(12-20(23)28)33-14-18(40-26(33)38)4-6-22(35)39-2/h3,5,11-13,15,18H,4,6-10,14H2,1-2H3,(H,29,34)(H,30,36)/t15-,18-/m0/s1. The second-order valence-corrected chi connectivity index (χ2v) is 9.40. The Bertz CT molecular complexity index is 1260. The summed E-state index contributed by atoms with van der Waals surface area (Å²) in [5.41, 5.74) is -0.103. The van der Waals surface area contributed by atoms with Crippen molar-refractivity contribution >= 4 is 35.3 Å². The molecule has 2 aromatic rings. The number of amides is 3. The lowest BCUT2D eigenvalue weighted by molar-refractivity contribution is -0.141. The van der Waals surface area contributed by atoms with Crippen molar-refractivity contribution in [3.63, 3.8) is 0 Å². The number of hydrogen-bond acceptors (Lipinski definition) is 9. The van der Waals surface area contributed by atoms with Crippen LogP contribution in [0.15, 0.2) is 30.5 Å². The van der Waals surface area contributed by atoms with Crippen LogP contribution in [-0.4, -0.2) is 90.8 Å². The molecule has 2 N–H and O–H groups in total. The summed E-state index contributed by atoms with van der Waals surface area (Å²) >= 11 is 0. The van der Waals surface area contributed by atoms with Crippen molar-refractivity contribution in [3.8, 4) is 5.88 Å². The minimum Gasteiger partial charge on any atom is -0.493 e. The van der Waals surface area contributed by atoms with Crippen LogP contribution in [0.2, 0.25) is 0 Å². The van der Waals surface area contributed by atoms with E-state index >= 15 is 8.78 Å². The van der Waals surface area contributed by atoms with Gasteiger partial charge in [-0.05, 0) is 19.4 Å². The number of methoxy groups -OCH3 is 1. The van der Waals surface area contributed by atoms with Gasteiger partial charge >= 0.3 is 12.1 Å². The normalized spacial score (nSPS) is 17.9. The Kier molecular flexibility index (Phi) is 8.65. The molecule has 4 rings (SSSR count). The summed E-state index contributed by atoms with van der Waals surface area (Å²) in [7, 11) is 1.25. The van der Waals surface area contributed by atoms with Gasteiger partial charge in [-0.2, -0.15) is 0 Å². The summed E-state index contributed by atoms with van der Waals surface area (Å²) in [5.74, 6) is -3.32. The van der Waals surface area contributed by atoms with Gasteiger partial charge < -0.3 is 29.7 Å². The molecule has 0 radical (unpaired) electrons.